The van der Waals surface area contributed by atoms with Gasteiger partial charge in [0, 0.05) is 5.56 Å². The summed E-state index contributed by atoms with van der Waals surface area (Å²) in [7, 11) is 1.51. The van der Waals surface area contributed by atoms with E-state index in [1.165, 1.54) is 13.3 Å². The van der Waals surface area contributed by atoms with E-state index in [4.69, 9.17) is 21.1 Å². The molecule has 152 valence electrons. The number of nitrogens with zero attached hydrogens (tertiary/aromatic N) is 3. The molecule has 0 radical (unpaired) electrons. The van der Waals surface area contributed by atoms with Crippen molar-refractivity contribution < 1.29 is 9.47 Å². The van der Waals surface area contributed by atoms with E-state index in [9.17, 15) is 10.1 Å². The van der Waals surface area contributed by atoms with Gasteiger partial charge in [0.25, 0.3) is 5.56 Å². The highest BCUT2D eigenvalue weighted by atomic mass is 35.5. The molecule has 1 aromatic heterocycles. The molecule has 0 aliphatic carbocycles. The largest absolute Gasteiger partial charge is 0.491 e. The van der Waals surface area contributed by atoms with Crippen molar-refractivity contribution in [2.24, 2.45) is 5.10 Å². The molecule has 0 bridgehead atoms. The van der Waals surface area contributed by atoms with Gasteiger partial charge in [0.2, 0.25) is 5.95 Å². The first-order valence-corrected chi connectivity index (χ1v) is 9.34. The number of hydrogen-bond acceptors (Lipinski definition) is 7. The van der Waals surface area contributed by atoms with Gasteiger partial charge in [0.05, 0.1) is 30.6 Å². The Balaban J connectivity index is 1.89. The lowest BCUT2D eigenvalue weighted by Crippen LogP contribution is -2.16. The van der Waals surface area contributed by atoms with Crippen LogP contribution in [-0.4, -0.2) is 29.9 Å². The minimum Gasteiger partial charge on any atom is -0.491 e. The number of benzene rings is 2. The molecular weight excluding hydrogens is 406 g/mol. The van der Waals surface area contributed by atoms with Gasteiger partial charge in [-0.1, -0.05) is 41.9 Å². The van der Waals surface area contributed by atoms with Crippen LogP contribution in [0.15, 0.2) is 52.4 Å². The van der Waals surface area contributed by atoms with E-state index in [2.05, 4.69) is 20.5 Å². The third kappa shape index (κ3) is 4.59. The number of methoxy groups -OCH3 is 1. The molecule has 0 aliphatic rings. The summed E-state index contributed by atoms with van der Waals surface area (Å²) in [4.78, 5) is 19.1. The third-order valence-corrected chi connectivity index (χ3v) is 4.28. The highest BCUT2D eigenvalue weighted by Crippen LogP contribution is 2.35. The lowest BCUT2D eigenvalue weighted by Gasteiger charge is -2.11. The fraction of sp³-hybridized carbons (Fsp3) is 0.143. The van der Waals surface area contributed by atoms with Gasteiger partial charge in [-0.2, -0.15) is 10.4 Å². The number of rotatable bonds is 7. The maximum Gasteiger partial charge on any atom is 0.270 e. The van der Waals surface area contributed by atoms with E-state index in [1.807, 2.05) is 19.1 Å². The van der Waals surface area contributed by atoms with E-state index >= 15 is 0 Å². The lowest BCUT2D eigenvalue weighted by molar-refractivity contribution is 0.311. The summed E-state index contributed by atoms with van der Waals surface area (Å²) in [5.74, 6) is 1.03. The fourth-order valence-electron chi connectivity index (χ4n) is 2.73. The average molecular weight is 424 g/mol. The average Bonchev–Trinajstić information content (AvgIpc) is 2.74. The number of H-pyrrole nitrogens is 1. The molecule has 3 aromatic rings. The van der Waals surface area contributed by atoms with Crippen LogP contribution in [0.1, 0.15) is 18.1 Å². The van der Waals surface area contributed by atoms with E-state index in [-0.39, 0.29) is 17.2 Å². The van der Waals surface area contributed by atoms with Crippen LogP contribution in [-0.2, 0) is 0 Å². The number of halogens is 1. The van der Waals surface area contributed by atoms with E-state index in [0.717, 1.165) is 0 Å². The van der Waals surface area contributed by atoms with Crippen LogP contribution in [0, 0.1) is 11.3 Å². The zero-order chi connectivity index (χ0) is 21.5. The Labute approximate surface area is 177 Å². The van der Waals surface area contributed by atoms with Gasteiger partial charge in [0.1, 0.15) is 11.6 Å². The summed E-state index contributed by atoms with van der Waals surface area (Å²) in [6, 6.07) is 14.3. The molecule has 0 spiro atoms. The molecule has 2 aromatic carbocycles. The summed E-state index contributed by atoms with van der Waals surface area (Å²) in [5, 5.41) is 13.8. The number of ether oxygens (including phenoxy) is 2. The minimum absolute atomic E-state index is 0.0704. The first-order chi connectivity index (χ1) is 14.6. The molecule has 0 amide bonds. The summed E-state index contributed by atoms with van der Waals surface area (Å²) < 4.78 is 10.8. The Morgan fingerprint density at radius 2 is 2.10 bits per heavy atom. The van der Waals surface area contributed by atoms with Crippen molar-refractivity contribution in [3.63, 3.8) is 0 Å². The molecule has 8 nitrogen and oxygen atoms in total. The van der Waals surface area contributed by atoms with Crippen molar-refractivity contribution in [3.8, 4) is 28.8 Å². The summed E-state index contributed by atoms with van der Waals surface area (Å²) in [6.45, 7) is 2.30. The van der Waals surface area contributed by atoms with E-state index in [0.29, 0.717) is 34.3 Å². The highest BCUT2D eigenvalue weighted by Gasteiger charge is 2.13. The molecule has 1 heterocycles. The first-order valence-electron chi connectivity index (χ1n) is 8.96. The molecule has 9 heteroatoms. The zero-order valence-electron chi connectivity index (χ0n) is 16.3. The monoisotopic (exact) mass is 423 g/mol. The van der Waals surface area contributed by atoms with Gasteiger partial charge in [-0.25, -0.2) is 10.4 Å². The lowest BCUT2D eigenvalue weighted by atomic mass is 10.1. The number of anilines is 1. The summed E-state index contributed by atoms with van der Waals surface area (Å²) >= 11 is 6.23. The van der Waals surface area contributed by atoms with Crippen LogP contribution in [0.2, 0.25) is 5.02 Å². The van der Waals surface area contributed by atoms with E-state index < -0.39 is 5.56 Å². The molecular formula is C21H18ClN5O3. The molecule has 2 N–H and O–H groups in total. The number of aromatic nitrogens is 2. The van der Waals surface area contributed by atoms with Gasteiger partial charge in [-0.15, -0.1) is 0 Å². The van der Waals surface area contributed by atoms with Crippen molar-refractivity contribution in [1.82, 2.24) is 9.97 Å². The smallest absolute Gasteiger partial charge is 0.270 e. The number of nitrogens with one attached hydrogen (secondary N) is 2. The molecule has 0 saturated heterocycles. The quantitative estimate of drug-likeness (QED) is 0.441. The maximum absolute atomic E-state index is 12.3. The summed E-state index contributed by atoms with van der Waals surface area (Å²) in [6.07, 6.45) is 1.49. The molecule has 30 heavy (non-hydrogen) atoms. The van der Waals surface area contributed by atoms with Crippen LogP contribution in [0.5, 0.6) is 11.5 Å². The van der Waals surface area contributed by atoms with Gasteiger partial charge in [-0.3, -0.25) is 9.78 Å². The van der Waals surface area contributed by atoms with E-state index in [1.54, 1.807) is 36.4 Å². The van der Waals surface area contributed by atoms with Gasteiger partial charge in [-0.05, 0) is 24.6 Å². The predicted octanol–water partition coefficient (Wildman–Crippen LogP) is 3.82. The number of hydrazone groups is 1. The van der Waals surface area contributed by atoms with Crippen LogP contribution < -0.4 is 20.5 Å². The minimum atomic E-state index is -0.560. The van der Waals surface area contributed by atoms with Crippen LogP contribution >= 0.6 is 11.6 Å². The maximum atomic E-state index is 12.3. The normalized spacial score (nSPS) is 10.6. The Hall–Kier alpha value is -3.83. The molecule has 0 atom stereocenters. The van der Waals surface area contributed by atoms with Crippen molar-refractivity contribution in [3.05, 3.63) is 69.0 Å². The van der Waals surface area contributed by atoms with Crippen molar-refractivity contribution >= 4 is 23.8 Å². The molecule has 0 fully saturated rings. The van der Waals surface area contributed by atoms with Crippen molar-refractivity contribution in [2.45, 2.75) is 6.92 Å². The Kier molecular flexibility index (Phi) is 6.67. The van der Waals surface area contributed by atoms with Gasteiger partial charge < -0.3 is 9.47 Å². The zero-order valence-corrected chi connectivity index (χ0v) is 17.0. The van der Waals surface area contributed by atoms with Gasteiger partial charge >= 0.3 is 0 Å². The SMILES string of the molecule is CCOc1cc(C=NNc2nc(-c3ccccc3)c(C#N)c(=O)[nH]2)cc(Cl)c1OC. The Bertz CT molecular complexity index is 1170. The topological polar surface area (TPSA) is 112 Å². The first kappa shape index (κ1) is 20.9. The highest BCUT2D eigenvalue weighted by molar-refractivity contribution is 6.32. The second-order valence-corrected chi connectivity index (χ2v) is 6.36. The molecule has 0 aliphatic heterocycles. The Morgan fingerprint density at radius 3 is 2.77 bits per heavy atom. The molecule has 0 saturated carbocycles. The fourth-order valence-corrected chi connectivity index (χ4v) is 3.02. The van der Waals surface area contributed by atoms with Crippen LogP contribution in [0.4, 0.5) is 5.95 Å². The predicted molar refractivity (Wildman–Crippen MR) is 115 cm³/mol. The summed E-state index contributed by atoms with van der Waals surface area (Å²) in [5.41, 5.74) is 3.61. The number of nitriles is 1. The molecule has 3 rings (SSSR count). The van der Waals surface area contributed by atoms with Gasteiger partial charge in [0.15, 0.2) is 11.5 Å². The number of hydrogen-bond donors (Lipinski definition) is 2. The molecule has 0 unspecified atom stereocenters. The van der Waals surface area contributed by atoms with Crippen LogP contribution in [0.25, 0.3) is 11.3 Å². The van der Waals surface area contributed by atoms with Crippen LogP contribution in [0.3, 0.4) is 0 Å². The number of aromatic amines is 1. The van der Waals surface area contributed by atoms with Crippen molar-refractivity contribution in [1.29, 1.82) is 5.26 Å². The third-order valence-electron chi connectivity index (χ3n) is 4.00. The van der Waals surface area contributed by atoms with Crippen molar-refractivity contribution in [2.75, 3.05) is 19.1 Å². The second kappa shape index (κ2) is 9.58. The standard InChI is InChI=1S/C21H18ClN5O3/c1-3-30-17-10-13(9-16(22)19(17)29-2)12-24-27-21-25-18(14-7-5-4-6-8-14)15(11-23)20(28)26-21/h4-10,12H,3H2,1-2H3,(H2,25,26,27,28). The Morgan fingerprint density at radius 1 is 1.33 bits per heavy atom. The second-order valence-electron chi connectivity index (χ2n) is 5.95.